The molecule has 5 rings (SSSR count). The van der Waals surface area contributed by atoms with Crippen LogP contribution in [0.15, 0.2) is 28.9 Å². The molecule has 1 saturated carbocycles. The predicted molar refractivity (Wildman–Crippen MR) is 136 cm³/mol. The summed E-state index contributed by atoms with van der Waals surface area (Å²) in [5, 5.41) is 1.18. The minimum Gasteiger partial charge on any atom is -0.343 e. The lowest BCUT2D eigenvalue weighted by Gasteiger charge is -2.40. The molecule has 1 aromatic carbocycles. The lowest BCUT2D eigenvalue weighted by atomic mass is 9.79. The average Bonchev–Trinajstić information content (AvgIpc) is 3.12. The highest BCUT2D eigenvalue weighted by Crippen LogP contribution is 2.45. The molecule has 2 atom stereocenters. The van der Waals surface area contributed by atoms with Crippen LogP contribution in [0, 0.1) is 11.8 Å². The van der Waals surface area contributed by atoms with E-state index >= 15 is 0 Å². The summed E-state index contributed by atoms with van der Waals surface area (Å²) in [4.78, 5) is 31.1. The number of amides is 1. The van der Waals surface area contributed by atoms with Crippen molar-refractivity contribution in [2.24, 2.45) is 11.8 Å². The number of rotatable bonds is 4. The van der Waals surface area contributed by atoms with Crippen LogP contribution in [0.2, 0.25) is 0 Å². The van der Waals surface area contributed by atoms with E-state index in [2.05, 4.69) is 52.2 Å². The molecule has 1 aliphatic heterocycles. The fraction of sp³-hybridized carbons (Fsp3) is 0.556. The van der Waals surface area contributed by atoms with E-state index in [1.54, 1.807) is 0 Å². The Balaban J connectivity index is 1.61. The average molecular weight is 512 g/mol. The Morgan fingerprint density at radius 3 is 2.55 bits per heavy atom. The fourth-order valence-electron chi connectivity index (χ4n) is 6.26. The number of benzene rings is 1. The maximum Gasteiger partial charge on any atom is 0.235 e. The van der Waals surface area contributed by atoms with Crippen LogP contribution in [-0.4, -0.2) is 58.9 Å². The Labute approximate surface area is 204 Å². The highest BCUT2D eigenvalue weighted by atomic mass is 79.9. The van der Waals surface area contributed by atoms with Gasteiger partial charge in [0.1, 0.15) is 0 Å². The highest BCUT2D eigenvalue weighted by Gasteiger charge is 2.39. The smallest absolute Gasteiger partial charge is 0.235 e. The first kappa shape index (κ1) is 22.9. The second-order valence-corrected chi connectivity index (χ2v) is 10.6. The molecule has 1 amide bonds. The number of carbonyl (C=O) groups excluding carboxylic acids is 2. The van der Waals surface area contributed by atoms with Crippen molar-refractivity contribution in [1.29, 1.82) is 0 Å². The maximum absolute atomic E-state index is 13.6. The molecule has 5 nitrogen and oxygen atoms in total. The van der Waals surface area contributed by atoms with Gasteiger partial charge in [-0.05, 0) is 78.9 Å². The first-order valence-electron chi connectivity index (χ1n) is 12.5. The van der Waals surface area contributed by atoms with Gasteiger partial charge in [0.05, 0.1) is 16.0 Å². The summed E-state index contributed by atoms with van der Waals surface area (Å²) < 4.78 is 2.87. The number of carbonyl (C=O) groups is 2. The zero-order valence-electron chi connectivity index (χ0n) is 19.9. The SMILES string of the molecule is CCN(CC)C(=O)[C@@H]1C=C2c3cccc4c3c(c(Br)n4C(=O)C3CCCCC3)C[C@H]2N(C)C1. The van der Waals surface area contributed by atoms with Crippen molar-refractivity contribution in [3.8, 4) is 0 Å². The molecule has 6 heteroatoms. The van der Waals surface area contributed by atoms with E-state index in [9.17, 15) is 9.59 Å². The van der Waals surface area contributed by atoms with Crippen LogP contribution in [-0.2, 0) is 11.2 Å². The van der Waals surface area contributed by atoms with Gasteiger partial charge >= 0.3 is 0 Å². The third-order valence-corrected chi connectivity index (χ3v) is 8.90. The quantitative estimate of drug-likeness (QED) is 0.554. The van der Waals surface area contributed by atoms with Crippen LogP contribution in [0.5, 0.6) is 0 Å². The number of nitrogens with zero attached hydrogens (tertiary/aromatic N) is 3. The van der Waals surface area contributed by atoms with E-state index in [1.165, 1.54) is 28.5 Å². The van der Waals surface area contributed by atoms with Gasteiger partial charge in [0.2, 0.25) is 11.8 Å². The van der Waals surface area contributed by atoms with Gasteiger partial charge < -0.3 is 4.90 Å². The fourth-order valence-corrected chi connectivity index (χ4v) is 6.99. The molecule has 176 valence electrons. The predicted octanol–water partition coefficient (Wildman–Crippen LogP) is 5.36. The third-order valence-electron chi connectivity index (χ3n) is 8.06. The number of aromatic nitrogens is 1. The Morgan fingerprint density at radius 1 is 1.12 bits per heavy atom. The van der Waals surface area contributed by atoms with Crippen LogP contribution in [0.25, 0.3) is 16.5 Å². The van der Waals surface area contributed by atoms with Crippen molar-refractivity contribution in [2.75, 3.05) is 26.7 Å². The maximum atomic E-state index is 13.6. The molecule has 0 saturated heterocycles. The van der Waals surface area contributed by atoms with Gasteiger partial charge in [-0.15, -0.1) is 0 Å². The van der Waals surface area contributed by atoms with Crippen molar-refractivity contribution in [3.05, 3.63) is 40.0 Å². The highest BCUT2D eigenvalue weighted by molar-refractivity contribution is 9.10. The third kappa shape index (κ3) is 3.70. The monoisotopic (exact) mass is 511 g/mol. The zero-order chi connectivity index (χ0) is 23.3. The minimum atomic E-state index is -0.132. The number of likely N-dealkylation sites (N-methyl/N-ethyl adjacent to an activating group) is 1. The molecule has 0 bridgehead atoms. The van der Waals surface area contributed by atoms with Crippen LogP contribution in [0.4, 0.5) is 0 Å². The summed E-state index contributed by atoms with van der Waals surface area (Å²) in [5.41, 5.74) is 4.65. The Kier molecular flexibility index (Phi) is 6.25. The van der Waals surface area contributed by atoms with Crippen molar-refractivity contribution < 1.29 is 9.59 Å². The molecule has 2 heterocycles. The van der Waals surface area contributed by atoms with Crippen LogP contribution in [0.3, 0.4) is 0 Å². The number of fused-ring (bicyclic) bond motifs is 2. The second-order valence-electron chi connectivity index (χ2n) is 9.88. The first-order valence-corrected chi connectivity index (χ1v) is 13.3. The molecule has 2 aliphatic carbocycles. The van der Waals surface area contributed by atoms with Crippen molar-refractivity contribution >= 4 is 44.2 Å². The van der Waals surface area contributed by atoms with E-state index in [4.69, 9.17) is 0 Å². The number of hydrogen-bond donors (Lipinski definition) is 0. The topological polar surface area (TPSA) is 45.6 Å². The number of hydrogen-bond acceptors (Lipinski definition) is 3. The Bertz CT molecular complexity index is 1120. The Hall–Kier alpha value is -1.92. The van der Waals surface area contributed by atoms with Gasteiger partial charge in [0, 0.05) is 37.0 Å². The van der Waals surface area contributed by atoms with Crippen molar-refractivity contribution in [2.45, 2.75) is 58.4 Å². The zero-order valence-corrected chi connectivity index (χ0v) is 21.5. The van der Waals surface area contributed by atoms with Gasteiger partial charge in [-0.2, -0.15) is 0 Å². The van der Waals surface area contributed by atoms with Crippen LogP contribution >= 0.6 is 15.9 Å². The molecule has 1 aromatic heterocycles. The van der Waals surface area contributed by atoms with Crippen LogP contribution in [0.1, 0.15) is 61.9 Å². The van der Waals surface area contributed by atoms with E-state index in [1.807, 2.05) is 23.3 Å². The molecule has 33 heavy (non-hydrogen) atoms. The van der Waals surface area contributed by atoms with Gasteiger partial charge in [0.25, 0.3) is 0 Å². The van der Waals surface area contributed by atoms with Gasteiger partial charge in [0.15, 0.2) is 0 Å². The number of halogens is 1. The molecule has 0 unspecified atom stereocenters. The van der Waals surface area contributed by atoms with Gasteiger partial charge in [-0.25, -0.2) is 0 Å². The molecule has 0 N–H and O–H groups in total. The molecule has 2 aromatic rings. The summed E-state index contributed by atoms with van der Waals surface area (Å²) in [5.74, 6) is 0.425. The lowest BCUT2D eigenvalue weighted by molar-refractivity contribution is -0.134. The Morgan fingerprint density at radius 2 is 1.85 bits per heavy atom. The molecule has 3 aliphatic rings. The summed E-state index contributed by atoms with van der Waals surface area (Å²) in [7, 11) is 2.13. The van der Waals surface area contributed by atoms with Gasteiger partial charge in [-0.1, -0.05) is 37.5 Å². The standard InChI is InChI=1S/C27H34BrN3O2/c1-4-30(5-2)26(32)18-14-20-19-12-9-13-22-24(19)21(15-23(20)29(3)16-18)25(28)31(22)27(33)17-10-7-6-8-11-17/h9,12-14,17-18,23H,4-8,10-11,15-16H2,1-3H3/t18-,23-/m1/s1. The van der Waals surface area contributed by atoms with E-state index in [-0.39, 0.29) is 29.7 Å². The molecule has 0 spiro atoms. The van der Waals surface area contributed by atoms with Crippen molar-refractivity contribution in [1.82, 2.24) is 14.4 Å². The van der Waals surface area contributed by atoms with Crippen LogP contribution < -0.4 is 0 Å². The van der Waals surface area contributed by atoms with Crippen molar-refractivity contribution in [3.63, 3.8) is 0 Å². The normalized spacial score (nSPS) is 23.3. The summed E-state index contributed by atoms with van der Waals surface area (Å²) >= 11 is 3.84. The largest absolute Gasteiger partial charge is 0.343 e. The summed E-state index contributed by atoms with van der Waals surface area (Å²) in [6.45, 7) is 6.29. The molecular formula is C27H34BrN3O2. The second kappa shape index (κ2) is 9.03. The molecule has 1 fully saturated rings. The minimum absolute atomic E-state index is 0.114. The summed E-state index contributed by atoms with van der Waals surface area (Å²) in [6, 6.07) is 6.54. The van der Waals surface area contributed by atoms with E-state index < -0.39 is 0 Å². The first-order chi connectivity index (χ1) is 16.0. The molecule has 0 radical (unpaired) electrons. The summed E-state index contributed by atoms with van der Waals surface area (Å²) in [6.07, 6.45) is 8.59. The lowest BCUT2D eigenvalue weighted by Crippen LogP contribution is -2.47. The molecular weight excluding hydrogens is 478 g/mol. The van der Waals surface area contributed by atoms with E-state index in [0.717, 1.165) is 61.9 Å². The van der Waals surface area contributed by atoms with E-state index in [0.29, 0.717) is 0 Å². The van der Waals surface area contributed by atoms with Gasteiger partial charge in [-0.3, -0.25) is 19.1 Å².